The zero-order chi connectivity index (χ0) is 20.5. The van der Waals surface area contributed by atoms with Crippen molar-refractivity contribution in [1.82, 2.24) is 4.90 Å². The van der Waals surface area contributed by atoms with Crippen LogP contribution in [0.3, 0.4) is 0 Å². The van der Waals surface area contributed by atoms with Crippen molar-refractivity contribution in [3.63, 3.8) is 0 Å². The Balaban J connectivity index is 1.63. The quantitative estimate of drug-likeness (QED) is 0.753. The molecular formula is C21H27NO5S. The zero-order valence-corrected chi connectivity index (χ0v) is 17.6. The summed E-state index contributed by atoms with van der Waals surface area (Å²) >= 11 is 0. The summed E-state index contributed by atoms with van der Waals surface area (Å²) < 4.78 is 34.4. The number of likely N-dealkylation sites (tertiary alicyclic amines) is 1. The second-order valence-corrected chi connectivity index (χ2v) is 10.3. The lowest BCUT2D eigenvalue weighted by molar-refractivity contribution is 0.0200. The van der Waals surface area contributed by atoms with Crippen molar-refractivity contribution in [2.75, 3.05) is 19.3 Å². The Morgan fingerprint density at radius 2 is 1.71 bits per heavy atom. The molecule has 2 aromatic rings. The lowest BCUT2D eigenvalue weighted by atomic mass is 9.94. The lowest BCUT2D eigenvalue weighted by Crippen LogP contribution is -2.41. The molecule has 6 nitrogen and oxygen atoms in total. The van der Waals surface area contributed by atoms with Crippen LogP contribution in [0.2, 0.25) is 0 Å². The van der Waals surface area contributed by atoms with E-state index in [2.05, 4.69) is 0 Å². The number of piperidine rings is 1. The van der Waals surface area contributed by atoms with Crippen LogP contribution in [-0.2, 0) is 14.6 Å². The molecule has 152 valence electrons. The predicted octanol–water partition coefficient (Wildman–Crippen LogP) is 4.46. The van der Waals surface area contributed by atoms with Gasteiger partial charge in [0.25, 0.3) is 0 Å². The second kappa shape index (κ2) is 7.62. The van der Waals surface area contributed by atoms with Crippen molar-refractivity contribution in [3.8, 4) is 11.1 Å². The van der Waals surface area contributed by atoms with Gasteiger partial charge in [-0.15, -0.1) is 0 Å². The molecule has 2 heterocycles. The van der Waals surface area contributed by atoms with Crippen molar-refractivity contribution in [3.05, 3.63) is 42.4 Å². The molecule has 1 aliphatic heterocycles. The second-order valence-electron chi connectivity index (χ2n) is 8.28. The van der Waals surface area contributed by atoms with E-state index < -0.39 is 15.4 Å². The number of amides is 1. The molecule has 3 rings (SSSR count). The molecule has 7 heteroatoms. The molecular weight excluding hydrogens is 378 g/mol. The third-order valence-electron chi connectivity index (χ3n) is 4.78. The van der Waals surface area contributed by atoms with Gasteiger partial charge in [-0.3, -0.25) is 0 Å². The number of carbonyl (C=O) groups is 1. The van der Waals surface area contributed by atoms with Gasteiger partial charge in [0.15, 0.2) is 9.84 Å². The van der Waals surface area contributed by atoms with Crippen LogP contribution < -0.4 is 0 Å². The Labute approximate surface area is 166 Å². The van der Waals surface area contributed by atoms with Gasteiger partial charge in [-0.1, -0.05) is 12.1 Å². The normalized spacial score (nSPS) is 16.2. The van der Waals surface area contributed by atoms with Crippen LogP contribution in [0.25, 0.3) is 11.1 Å². The Hall–Kier alpha value is -2.28. The molecule has 0 aliphatic carbocycles. The van der Waals surface area contributed by atoms with E-state index in [-0.39, 0.29) is 12.0 Å². The van der Waals surface area contributed by atoms with Gasteiger partial charge in [-0.25, -0.2) is 13.2 Å². The molecule has 0 spiro atoms. The number of nitrogens with zero attached hydrogens (tertiary/aromatic N) is 1. The smallest absolute Gasteiger partial charge is 0.410 e. The summed E-state index contributed by atoms with van der Waals surface area (Å²) in [5, 5.41) is 0. The number of sulfone groups is 1. The van der Waals surface area contributed by atoms with Gasteiger partial charge in [-0.05, 0) is 57.4 Å². The van der Waals surface area contributed by atoms with Gasteiger partial charge in [0.05, 0.1) is 11.2 Å². The van der Waals surface area contributed by atoms with Gasteiger partial charge in [-0.2, -0.15) is 0 Å². The Morgan fingerprint density at radius 1 is 1.11 bits per heavy atom. The van der Waals surface area contributed by atoms with E-state index in [0.29, 0.717) is 18.0 Å². The summed E-state index contributed by atoms with van der Waals surface area (Å²) in [7, 11) is -3.20. The summed E-state index contributed by atoms with van der Waals surface area (Å²) in [6.07, 6.45) is 4.27. The number of carbonyl (C=O) groups excluding carboxylic acids is 1. The fraction of sp³-hybridized carbons (Fsp3) is 0.476. The number of benzene rings is 1. The average Bonchev–Trinajstić information content (AvgIpc) is 3.10. The highest BCUT2D eigenvalue weighted by atomic mass is 32.2. The van der Waals surface area contributed by atoms with Crippen LogP contribution in [0.15, 0.2) is 45.9 Å². The number of hydrogen-bond acceptors (Lipinski definition) is 5. The van der Waals surface area contributed by atoms with Gasteiger partial charge in [0.1, 0.15) is 11.4 Å². The van der Waals surface area contributed by atoms with Crippen LogP contribution in [0.5, 0.6) is 0 Å². The van der Waals surface area contributed by atoms with E-state index in [1.165, 1.54) is 6.26 Å². The van der Waals surface area contributed by atoms with Crippen LogP contribution >= 0.6 is 0 Å². The van der Waals surface area contributed by atoms with Gasteiger partial charge < -0.3 is 14.1 Å². The number of furan rings is 1. The van der Waals surface area contributed by atoms with Gasteiger partial charge >= 0.3 is 6.09 Å². The highest BCUT2D eigenvalue weighted by molar-refractivity contribution is 7.90. The molecule has 1 saturated heterocycles. The molecule has 1 aromatic heterocycles. The number of ether oxygens (including phenoxy) is 1. The summed E-state index contributed by atoms with van der Waals surface area (Å²) in [4.78, 5) is 14.2. The van der Waals surface area contributed by atoms with Crippen LogP contribution in [0.4, 0.5) is 4.79 Å². The Bertz CT molecular complexity index is 930. The maximum Gasteiger partial charge on any atom is 0.410 e. The van der Waals surface area contributed by atoms with E-state index in [9.17, 15) is 13.2 Å². The highest BCUT2D eigenvalue weighted by Gasteiger charge is 2.28. The fourth-order valence-corrected chi connectivity index (χ4v) is 3.92. The summed E-state index contributed by atoms with van der Waals surface area (Å²) in [5.41, 5.74) is 1.34. The van der Waals surface area contributed by atoms with E-state index in [4.69, 9.17) is 9.15 Å². The third-order valence-corrected chi connectivity index (χ3v) is 5.91. The van der Waals surface area contributed by atoms with Crippen LogP contribution in [0, 0.1) is 0 Å². The average molecular weight is 406 g/mol. The maximum absolute atomic E-state index is 12.2. The molecule has 1 amide bonds. The number of hydrogen-bond donors (Lipinski definition) is 0. The number of rotatable bonds is 3. The first-order valence-electron chi connectivity index (χ1n) is 9.40. The monoisotopic (exact) mass is 405 g/mol. The SMILES string of the molecule is CC(C)(C)OC(=O)N1CCC(c2cc(-c3ccc(S(C)(=O)=O)cc3)co2)CC1. The molecule has 1 fully saturated rings. The lowest BCUT2D eigenvalue weighted by Gasteiger charge is -2.32. The van der Waals surface area contributed by atoms with E-state index in [1.54, 1.807) is 35.4 Å². The molecule has 0 radical (unpaired) electrons. The molecule has 28 heavy (non-hydrogen) atoms. The first-order valence-corrected chi connectivity index (χ1v) is 11.3. The van der Waals surface area contributed by atoms with Crippen molar-refractivity contribution in [1.29, 1.82) is 0 Å². The maximum atomic E-state index is 12.2. The molecule has 0 N–H and O–H groups in total. The topological polar surface area (TPSA) is 76.8 Å². The van der Waals surface area contributed by atoms with Gasteiger partial charge in [0, 0.05) is 30.8 Å². The molecule has 0 bridgehead atoms. The molecule has 1 aliphatic rings. The van der Waals surface area contributed by atoms with E-state index in [1.807, 2.05) is 26.8 Å². The van der Waals surface area contributed by atoms with Crippen molar-refractivity contribution >= 4 is 15.9 Å². The van der Waals surface area contributed by atoms with Crippen molar-refractivity contribution in [2.24, 2.45) is 0 Å². The largest absolute Gasteiger partial charge is 0.468 e. The minimum Gasteiger partial charge on any atom is -0.468 e. The van der Waals surface area contributed by atoms with Crippen molar-refractivity contribution in [2.45, 2.75) is 50.0 Å². The zero-order valence-electron chi connectivity index (χ0n) is 16.8. The molecule has 0 unspecified atom stereocenters. The first-order chi connectivity index (χ1) is 13.0. The molecule has 1 aromatic carbocycles. The molecule has 0 atom stereocenters. The Kier molecular flexibility index (Phi) is 5.57. The summed E-state index contributed by atoms with van der Waals surface area (Å²) in [6, 6.07) is 8.79. The highest BCUT2D eigenvalue weighted by Crippen LogP contribution is 2.33. The minimum atomic E-state index is -3.20. The Morgan fingerprint density at radius 3 is 2.25 bits per heavy atom. The van der Waals surface area contributed by atoms with Crippen molar-refractivity contribution < 1.29 is 22.4 Å². The van der Waals surface area contributed by atoms with E-state index in [0.717, 1.165) is 29.7 Å². The molecule has 0 saturated carbocycles. The van der Waals surface area contributed by atoms with Gasteiger partial charge in [0.2, 0.25) is 0 Å². The summed E-state index contributed by atoms with van der Waals surface area (Å²) in [5.74, 6) is 1.15. The summed E-state index contributed by atoms with van der Waals surface area (Å²) in [6.45, 7) is 6.87. The third kappa shape index (κ3) is 4.95. The first kappa shape index (κ1) is 20.5. The van der Waals surface area contributed by atoms with Crippen LogP contribution in [-0.4, -0.2) is 44.4 Å². The fourth-order valence-electron chi connectivity index (χ4n) is 3.29. The minimum absolute atomic E-state index is 0.253. The van der Waals surface area contributed by atoms with Crippen LogP contribution in [0.1, 0.15) is 45.3 Å². The standard InChI is InChI=1S/C21H27NO5S/c1-21(2,3)27-20(23)22-11-9-16(10-12-22)19-13-17(14-26-19)15-5-7-18(8-6-15)28(4,24)25/h5-8,13-14,16H,9-12H2,1-4H3. The van der Waals surface area contributed by atoms with E-state index >= 15 is 0 Å². The predicted molar refractivity (Wildman–Crippen MR) is 107 cm³/mol.